The number of nitrogens with one attached hydrogen (secondary N) is 2. The Morgan fingerprint density at radius 3 is 2.86 bits per heavy atom. The summed E-state index contributed by atoms with van der Waals surface area (Å²) < 4.78 is 36.6. The molecule has 2 fully saturated rings. The van der Waals surface area contributed by atoms with E-state index in [1.165, 1.54) is 0 Å². The molecular formula is C13H21F3N4O. The van der Waals surface area contributed by atoms with Crippen LogP contribution in [0.1, 0.15) is 25.7 Å². The van der Waals surface area contributed by atoms with E-state index in [-0.39, 0.29) is 17.9 Å². The number of piperidine rings is 1. The molecule has 2 saturated heterocycles. The molecule has 120 valence electrons. The number of nitrogens with zero attached hydrogens (tertiary/aromatic N) is 2. The highest BCUT2D eigenvalue weighted by Gasteiger charge is 2.42. The highest BCUT2D eigenvalue weighted by atomic mass is 19.4. The highest BCUT2D eigenvalue weighted by Crippen LogP contribution is 2.35. The summed E-state index contributed by atoms with van der Waals surface area (Å²) in [5.74, 6) is 0.537. The summed E-state index contributed by atoms with van der Waals surface area (Å²) in [7, 11) is 1.56. The third-order valence-corrected chi connectivity index (χ3v) is 4.06. The fraction of sp³-hybridized carbons (Fsp3) is 0.846. The summed E-state index contributed by atoms with van der Waals surface area (Å²) in [4.78, 5) is 17.5. The quantitative estimate of drug-likeness (QED) is 0.594. The number of halogens is 3. The van der Waals surface area contributed by atoms with E-state index in [0.717, 1.165) is 19.4 Å². The molecule has 1 unspecified atom stereocenters. The molecule has 0 aliphatic carbocycles. The van der Waals surface area contributed by atoms with E-state index in [1.807, 2.05) is 4.90 Å². The smallest absolute Gasteiger partial charge is 0.356 e. The van der Waals surface area contributed by atoms with Gasteiger partial charge in [-0.05, 0) is 12.8 Å². The molecule has 2 aliphatic heterocycles. The lowest BCUT2D eigenvalue weighted by Gasteiger charge is -2.40. The summed E-state index contributed by atoms with van der Waals surface area (Å²) in [6.45, 7) is 1.86. The normalized spacial score (nSPS) is 27.1. The van der Waals surface area contributed by atoms with Crippen LogP contribution in [0.25, 0.3) is 0 Å². The minimum Gasteiger partial charge on any atom is -0.356 e. The molecule has 0 aromatic rings. The molecule has 2 heterocycles. The molecule has 21 heavy (non-hydrogen) atoms. The Morgan fingerprint density at radius 2 is 2.29 bits per heavy atom. The lowest BCUT2D eigenvalue weighted by molar-refractivity contribution is -0.133. The molecule has 0 saturated carbocycles. The number of carbonyl (C=O) groups excluding carboxylic acids is 1. The molecule has 0 radical (unpaired) electrons. The first-order chi connectivity index (χ1) is 9.84. The minimum absolute atomic E-state index is 0.0527. The maximum atomic E-state index is 12.2. The van der Waals surface area contributed by atoms with Crippen LogP contribution in [-0.4, -0.2) is 56.2 Å². The van der Waals surface area contributed by atoms with Crippen LogP contribution in [0.2, 0.25) is 0 Å². The predicted molar refractivity (Wildman–Crippen MR) is 72.9 cm³/mol. The second-order valence-corrected chi connectivity index (χ2v) is 5.82. The van der Waals surface area contributed by atoms with Gasteiger partial charge >= 0.3 is 6.18 Å². The summed E-state index contributed by atoms with van der Waals surface area (Å²) in [6, 6.07) is 0. The van der Waals surface area contributed by atoms with Crippen molar-refractivity contribution < 1.29 is 18.0 Å². The second-order valence-electron chi connectivity index (χ2n) is 5.82. The van der Waals surface area contributed by atoms with Crippen LogP contribution < -0.4 is 10.6 Å². The number of aliphatic imine (C=N–C) groups is 1. The van der Waals surface area contributed by atoms with Gasteiger partial charge in [0.25, 0.3) is 0 Å². The monoisotopic (exact) mass is 306 g/mol. The van der Waals surface area contributed by atoms with Gasteiger partial charge in [-0.25, -0.2) is 0 Å². The van der Waals surface area contributed by atoms with Crippen LogP contribution in [0.3, 0.4) is 0 Å². The fourth-order valence-electron chi connectivity index (χ4n) is 3.08. The van der Waals surface area contributed by atoms with E-state index >= 15 is 0 Å². The van der Waals surface area contributed by atoms with Crippen molar-refractivity contribution in [2.45, 2.75) is 31.9 Å². The van der Waals surface area contributed by atoms with Gasteiger partial charge in [-0.15, -0.1) is 0 Å². The Kier molecular flexibility index (Phi) is 4.63. The van der Waals surface area contributed by atoms with Crippen molar-refractivity contribution in [1.29, 1.82) is 0 Å². The van der Waals surface area contributed by atoms with Gasteiger partial charge in [-0.3, -0.25) is 9.79 Å². The van der Waals surface area contributed by atoms with Gasteiger partial charge in [0, 0.05) is 45.1 Å². The maximum Gasteiger partial charge on any atom is 0.390 e. The van der Waals surface area contributed by atoms with Gasteiger partial charge in [0.2, 0.25) is 5.91 Å². The van der Waals surface area contributed by atoms with Crippen molar-refractivity contribution >= 4 is 11.9 Å². The van der Waals surface area contributed by atoms with Gasteiger partial charge in [-0.1, -0.05) is 0 Å². The molecule has 8 heteroatoms. The molecule has 0 bridgehead atoms. The topological polar surface area (TPSA) is 56.7 Å². The lowest BCUT2D eigenvalue weighted by atomic mass is 9.79. The number of hydrogen-bond acceptors (Lipinski definition) is 2. The van der Waals surface area contributed by atoms with E-state index < -0.39 is 12.6 Å². The van der Waals surface area contributed by atoms with E-state index in [2.05, 4.69) is 15.6 Å². The first kappa shape index (κ1) is 15.9. The molecule has 0 aromatic carbocycles. The number of carbonyl (C=O) groups is 1. The van der Waals surface area contributed by atoms with Gasteiger partial charge < -0.3 is 15.5 Å². The van der Waals surface area contributed by atoms with Crippen molar-refractivity contribution in [3.8, 4) is 0 Å². The van der Waals surface area contributed by atoms with Crippen molar-refractivity contribution in [3.63, 3.8) is 0 Å². The van der Waals surface area contributed by atoms with E-state index in [9.17, 15) is 18.0 Å². The average molecular weight is 306 g/mol. The number of hydrogen-bond donors (Lipinski definition) is 2. The van der Waals surface area contributed by atoms with Crippen molar-refractivity contribution in [2.75, 3.05) is 33.2 Å². The van der Waals surface area contributed by atoms with E-state index in [0.29, 0.717) is 25.5 Å². The molecule has 1 atom stereocenters. The van der Waals surface area contributed by atoms with Crippen LogP contribution in [0.15, 0.2) is 4.99 Å². The zero-order valence-electron chi connectivity index (χ0n) is 12.1. The molecule has 2 aliphatic rings. The van der Waals surface area contributed by atoms with Crippen LogP contribution in [0.5, 0.6) is 0 Å². The number of amides is 1. The van der Waals surface area contributed by atoms with Crippen LogP contribution >= 0.6 is 0 Å². The zero-order chi connectivity index (χ0) is 15.5. The number of guanidine groups is 1. The lowest BCUT2D eigenvalue weighted by Crippen LogP contribution is -2.51. The Hall–Kier alpha value is -1.47. The second kappa shape index (κ2) is 6.11. The van der Waals surface area contributed by atoms with Crippen molar-refractivity contribution in [3.05, 3.63) is 0 Å². The highest BCUT2D eigenvalue weighted by molar-refractivity contribution is 5.81. The SMILES string of the molecule is CN=C(NCCC(F)(F)F)N1CCCC2(CNC(=O)C2)C1. The summed E-state index contributed by atoms with van der Waals surface area (Å²) in [5.41, 5.74) is -0.100. The molecule has 2 N–H and O–H groups in total. The Labute approximate surface area is 122 Å². The summed E-state index contributed by atoms with van der Waals surface area (Å²) in [5, 5.41) is 5.61. The van der Waals surface area contributed by atoms with Crippen LogP contribution in [0, 0.1) is 5.41 Å². The Morgan fingerprint density at radius 1 is 1.52 bits per heavy atom. The zero-order valence-corrected chi connectivity index (χ0v) is 12.1. The van der Waals surface area contributed by atoms with Crippen molar-refractivity contribution in [2.24, 2.45) is 10.4 Å². The first-order valence-electron chi connectivity index (χ1n) is 7.13. The molecule has 5 nitrogen and oxygen atoms in total. The van der Waals surface area contributed by atoms with E-state index in [1.54, 1.807) is 7.05 Å². The minimum atomic E-state index is -4.17. The first-order valence-corrected chi connectivity index (χ1v) is 7.13. The van der Waals surface area contributed by atoms with E-state index in [4.69, 9.17) is 0 Å². The summed E-state index contributed by atoms with van der Waals surface area (Å²) >= 11 is 0. The van der Waals surface area contributed by atoms with Crippen molar-refractivity contribution in [1.82, 2.24) is 15.5 Å². The predicted octanol–water partition coefficient (Wildman–Crippen LogP) is 1.12. The van der Waals surface area contributed by atoms with Gasteiger partial charge in [0.1, 0.15) is 0 Å². The molecule has 0 aromatic heterocycles. The third-order valence-electron chi connectivity index (χ3n) is 4.06. The Balaban J connectivity index is 1.91. The molecular weight excluding hydrogens is 285 g/mol. The number of alkyl halides is 3. The van der Waals surface area contributed by atoms with Gasteiger partial charge in [0.05, 0.1) is 6.42 Å². The third kappa shape index (κ3) is 4.25. The molecule has 1 spiro atoms. The van der Waals surface area contributed by atoms with Crippen LogP contribution in [-0.2, 0) is 4.79 Å². The van der Waals surface area contributed by atoms with Crippen LogP contribution in [0.4, 0.5) is 13.2 Å². The number of rotatable bonds is 2. The average Bonchev–Trinajstić information content (AvgIpc) is 2.74. The van der Waals surface area contributed by atoms with Gasteiger partial charge in [0.15, 0.2) is 5.96 Å². The molecule has 1 amide bonds. The fourth-order valence-corrected chi connectivity index (χ4v) is 3.08. The molecule has 2 rings (SSSR count). The maximum absolute atomic E-state index is 12.2. The number of likely N-dealkylation sites (tertiary alicyclic amines) is 1. The van der Waals surface area contributed by atoms with Gasteiger partial charge in [-0.2, -0.15) is 13.2 Å². The Bertz CT molecular complexity index is 424. The standard InChI is InChI=1S/C13H21F3N4O/c1-17-11(18-5-4-13(14,15)16)20-6-2-3-12(9-20)7-10(21)19-8-12/h2-9H2,1H3,(H,17,18)(H,19,21). The largest absolute Gasteiger partial charge is 0.390 e. The summed E-state index contributed by atoms with van der Waals surface area (Å²) in [6.07, 6.45) is -2.69.